The van der Waals surface area contributed by atoms with Gasteiger partial charge < -0.3 is 15.4 Å². The van der Waals surface area contributed by atoms with E-state index in [9.17, 15) is 19.7 Å². The highest BCUT2D eigenvalue weighted by molar-refractivity contribution is 5.94. The lowest BCUT2D eigenvalue weighted by atomic mass is 10.1. The molecule has 0 fully saturated rings. The highest BCUT2D eigenvalue weighted by Gasteiger charge is 2.18. The van der Waals surface area contributed by atoms with Gasteiger partial charge in [0.25, 0.3) is 5.69 Å². The Bertz CT molecular complexity index is 967. The van der Waals surface area contributed by atoms with Gasteiger partial charge in [0.1, 0.15) is 11.4 Å². The molecule has 2 aromatic carbocycles. The summed E-state index contributed by atoms with van der Waals surface area (Å²) in [5, 5.41) is 16.7. The van der Waals surface area contributed by atoms with Crippen LogP contribution < -0.4 is 15.4 Å². The highest BCUT2D eigenvalue weighted by atomic mass is 16.6. The number of hydrogen-bond acceptors (Lipinski definition) is 6. The molecule has 9 nitrogen and oxygen atoms in total. The number of rotatable bonds is 9. The first kappa shape index (κ1) is 23.8. The molecule has 9 heteroatoms. The van der Waals surface area contributed by atoms with Crippen LogP contribution in [-0.2, 0) is 9.59 Å². The molecule has 0 atom stereocenters. The molecule has 31 heavy (non-hydrogen) atoms. The Kier molecular flexibility index (Phi) is 8.09. The number of carbonyl (C=O) groups is 2. The van der Waals surface area contributed by atoms with E-state index < -0.39 is 4.92 Å². The number of nitrogens with zero attached hydrogens (tertiary/aromatic N) is 2. The molecule has 2 N–H and O–H groups in total. The molecule has 0 radical (unpaired) electrons. The monoisotopic (exact) mass is 428 g/mol. The van der Waals surface area contributed by atoms with E-state index in [2.05, 4.69) is 10.6 Å². The largest absolute Gasteiger partial charge is 0.496 e. The van der Waals surface area contributed by atoms with E-state index >= 15 is 0 Å². The Morgan fingerprint density at radius 2 is 1.71 bits per heavy atom. The third kappa shape index (κ3) is 6.78. The quantitative estimate of drug-likeness (QED) is 0.467. The smallest absolute Gasteiger partial charge is 0.296 e. The van der Waals surface area contributed by atoms with Crippen molar-refractivity contribution in [2.24, 2.45) is 0 Å². The molecule has 2 aromatic rings. The Balaban J connectivity index is 1.89. The molecular formula is C22H28N4O5. The van der Waals surface area contributed by atoms with E-state index in [1.807, 2.05) is 32.9 Å². The Morgan fingerprint density at radius 3 is 2.29 bits per heavy atom. The normalized spacial score (nSPS) is 10.6. The van der Waals surface area contributed by atoms with Crippen molar-refractivity contribution in [3.05, 3.63) is 57.1 Å². The third-order valence-electron chi connectivity index (χ3n) is 4.75. The molecule has 0 saturated carbocycles. The van der Waals surface area contributed by atoms with Gasteiger partial charge in [-0.2, -0.15) is 0 Å². The molecule has 0 spiro atoms. The average Bonchev–Trinajstić information content (AvgIpc) is 2.69. The molecule has 0 aliphatic heterocycles. The van der Waals surface area contributed by atoms with Crippen molar-refractivity contribution in [3.8, 4) is 5.75 Å². The summed E-state index contributed by atoms with van der Waals surface area (Å²) < 4.78 is 4.98. The summed E-state index contributed by atoms with van der Waals surface area (Å²) >= 11 is 0. The zero-order chi connectivity index (χ0) is 23.1. The number of anilines is 2. The fourth-order valence-corrected chi connectivity index (χ4v) is 3.28. The number of ether oxygens (including phenoxy) is 1. The van der Waals surface area contributed by atoms with Crippen molar-refractivity contribution in [3.63, 3.8) is 0 Å². The van der Waals surface area contributed by atoms with Crippen LogP contribution in [0.1, 0.15) is 23.1 Å². The van der Waals surface area contributed by atoms with E-state index in [1.165, 1.54) is 25.3 Å². The van der Waals surface area contributed by atoms with Crippen molar-refractivity contribution in [1.29, 1.82) is 0 Å². The average molecular weight is 428 g/mol. The fraction of sp³-hybridized carbons (Fsp3) is 0.364. The molecule has 0 heterocycles. The number of nitrogens with one attached hydrogen (secondary N) is 2. The summed E-state index contributed by atoms with van der Waals surface area (Å²) in [6.07, 6.45) is 0.0789. The Labute approximate surface area is 181 Å². The van der Waals surface area contributed by atoms with E-state index in [1.54, 1.807) is 11.9 Å². The van der Waals surface area contributed by atoms with Crippen molar-refractivity contribution in [2.75, 3.05) is 37.9 Å². The Hall–Kier alpha value is -3.46. The molecule has 0 aromatic heterocycles. The summed E-state index contributed by atoms with van der Waals surface area (Å²) in [6, 6.07) is 8.23. The number of likely N-dealkylation sites (N-methyl/N-ethyl adjacent to an activating group) is 1. The lowest BCUT2D eigenvalue weighted by molar-refractivity contribution is -0.384. The summed E-state index contributed by atoms with van der Waals surface area (Å²) in [5.41, 5.74) is 3.77. The molecule has 0 aliphatic rings. The maximum absolute atomic E-state index is 12.4. The van der Waals surface area contributed by atoms with Crippen LogP contribution >= 0.6 is 0 Å². The predicted molar refractivity (Wildman–Crippen MR) is 120 cm³/mol. The molecule has 0 aliphatic carbocycles. The van der Waals surface area contributed by atoms with Crippen LogP contribution in [0.15, 0.2) is 30.3 Å². The Morgan fingerprint density at radius 1 is 1.06 bits per heavy atom. The standard InChI is InChI=1S/C22H28N4O5/c1-14-10-15(2)22(16(3)11-14)24-21(28)13-25(4)9-8-20(27)23-18-7-6-17(31-5)12-19(18)26(29)30/h6-7,10-12H,8-9,13H2,1-5H3,(H,23,27)(H,24,28). The van der Waals surface area contributed by atoms with Gasteiger partial charge in [-0.05, 0) is 51.1 Å². The van der Waals surface area contributed by atoms with E-state index in [4.69, 9.17) is 4.74 Å². The minimum atomic E-state index is -0.580. The molecule has 2 amide bonds. The number of benzene rings is 2. The topological polar surface area (TPSA) is 114 Å². The summed E-state index contributed by atoms with van der Waals surface area (Å²) in [7, 11) is 3.14. The molecule has 0 bridgehead atoms. The summed E-state index contributed by atoms with van der Waals surface area (Å²) in [6.45, 7) is 6.33. The van der Waals surface area contributed by atoms with Gasteiger partial charge in [0.15, 0.2) is 0 Å². The van der Waals surface area contributed by atoms with Crippen molar-refractivity contribution in [2.45, 2.75) is 27.2 Å². The summed E-state index contributed by atoms with van der Waals surface area (Å²) in [5.74, 6) is -0.232. The highest BCUT2D eigenvalue weighted by Crippen LogP contribution is 2.29. The van der Waals surface area contributed by atoms with Gasteiger partial charge in [-0.25, -0.2) is 0 Å². The second-order valence-corrected chi connectivity index (χ2v) is 7.50. The van der Waals surface area contributed by atoms with Crippen LogP contribution in [-0.4, -0.2) is 48.9 Å². The van der Waals surface area contributed by atoms with Crippen LogP contribution in [0.5, 0.6) is 5.75 Å². The molecule has 0 saturated heterocycles. The van der Waals surface area contributed by atoms with Gasteiger partial charge >= 0.3 is 0 Å². The molecule has 0 unspecified atom stereocenters. The number of aryl methyl sites for hydroxylation is 3. The van der Waals surface area contributed by atoms with Crippen LogP contribution in [0.3, 0.4) is 0 Å². The van der Waals surface area contributed by atoms with Gasteiger partial charge in [0.05, 0.1) is 24.6 Å². The zero-order valence-electron chi connectivity index (χ0n) is 18.4. The number of nitro groups is 1. The van der Waals surface area contributed by atoms with Gasteiger partial charge in [-0.3, -0.25) is 24.6 Å². The third-order valence-corrected chi connectivity index (χ3v) is 4.75. The van der Waals surface area contributed by atoms with Crippen LogP contribution in [0, 0.1) is 30.9 Å². The number of hydrogen-bond donors (Lipinski definition) is 2. The number of nitro benzene ring substituents is 1. The SMILES string of the molecule is COc1ccc(NC(=O)CCN(C)CC(=O)Nc2c(C)cc(C)cc2C)c([N+](=O)[O-])c1. The van der Waals surface area contributed by atoms with Gasteiger partial charge in [-0.1, -0.05) is 17.7 Å². The van der Waals surface area contributed by atoms with Crippen molar-refractivity contribution in [1.82, 2.24) is 4.90 Å². The van der Waals surface area contributed by atoms with Crippen LogP contribution in [0.2, 0.25) is 0 Å². The number of carbonyl (C=O) groups excluding carboxylic acids is 2. The number of methoxy groups -OCH3 is 1. The lowest BCUT2D eigenvalue weighted by Crippen LogP contribution is -2.32. The molecule has 2 rings (SSSR count). The predicted octanol–water partition coefficient (Wildman–Crippen LogP) is 3.43. The van der Waals surface area contributed by atoms with Gasteiger partial charge in [0.2, 0.25) is 11.8 Å². The van der Waals surface area contributed by atoms with Crippen molar-refractivity contribution < 1.29 is 19.2 Å². The first-order valence-corrected chi connectivity index (χ1v) is 9.79. The maximum Gasteiger partial charge on any atom is 0.296 e. The van der Waals surface area contributed by atoms with Crippen molar-refractivity contribution >= 4 is 28.9 Å². The first-order valence-electron chi connectivity index (χ1n) is 9.79. The van der Waals surface area contributed by atoms with E-state index in [0.29, 0.717) is 12.3 Å². The molecular weight excluding hydrogens is 400 g/mol. The summed E-state index contributed by atoms with van der Waals surface area (Å²) in [4.78, 5) is 37.0. The zero-order valence-corrected chi connectivity index (χ0v) is 18.4. The second kappa shape index (κ2) is 10.5. The first-order chi connectivity index (χ1) is 14.6. The fourth-order valence-electron chi connectivity index (χ4n) is 3.28. The van der Waals surface area contributed by atoms with Gasteiger partial charge in [0, 0.05) is 18.7 Å². The van der Waals surface area contributed by atoms with Crippen LogP contribution in [0.4, 0.5) is 17.1 Å². The van der Waals surface area contributed by atoms with Gasteiger partial charge in [-0.15, -0.1) is 0 Å². The minimum Gasteiger partial charge on any atom is -0.496 e. The molecule has 166 valence electrons. The minimum absolute atomic E-state index is 0.0789. The van der Waals surface area contributed by atoms with E-state index in [0.717, 1.165) is 22.4 Å². The lowest BCUT2D eigenvalue weighted by Gasteiger charge is -2.18. The van der Waals surface area contributed by atoms with E-state index in [-0.39, 0.29) is 36.2 Å². The number of amides is 2. The maximum atomic E-state index is 12.4. The second-order valence-electron chi connectivity index (χ2n) is 7.50. The van der Waals surface area contributed by atoms with Crippen LogP contribution in [0.25, 0.3) is 0 Å².